The van der Waals surface area contributed by atoms with Gasteiger partial charge in [0.15, 0.2) is 18.9 Å². The van der Waals surface area contributed by atoms with Crippen molar-refractivity contribution in [2.75, 3.05) is 33.0 Å². The molecular formula is C38H64N2O28. The van der Waals surface area contributed by atoms with Crippen LogP contribution in [0.3, 0.4) is 0 Å². The van der Waals surface area contributed by atoms with Crippen molar-refractivity contribution in [3.05, 3.63) is 0 Å². The maximum Gasteiger partial charge on any atom is 0.364 e. The van der Waals surface area contributed by atoms with E-state index >= 15 is 0 Å². The molecule has 0 aromatic heterocycles. The summed E-state index contributed by atoms with van der Waals surface area (Å²) in [6, 6.07) is -3.34. The second-order valence-corrected chi connectivity index (χ2v) is 17.2. The number of rotatable bonds is 18. The monoisotopic (exact) mass is 996 g/mol. The highest BCUT2D eigenvalue weighted by Gasteiger charge is 2.62. The minimum Gasteiger partial charge on any atom is -0.477 e. The van der Waals surface area contributed by atoms with Crippen molar-refractivity contribution in [2.45, 2.75) is 186 Å². The van der Waals surface area contributed by atoms with Crippen LogP contribution in [0.4, 0.5) is 0 Å². The van der Waals surface area contributed by atoms with E-state index in [9.17, 15) is 96.1 Å². The zero-order valence-corrected chi connectivity index (χ0v) is 36.7. The highest BCUT2D eigenvalue weighted by atomic mass is 16.8. The fourth-order valence-electron chi connectivity index (χ4n) is 8.74. The van der Waals surface area contributed by atoms with E-state index in [1.54, 1.807) is 0 Å². The number of ether oxygens (including phenoxy) is 9. The molecule has 5 saturated heterocycles. The van der Waals surface area contributed by atoms with E-state index in [2.05, 4.69) is 10.6 Å². The maximum atomic E-state index is 13.4. The van der Waals surface area contributed by atoms with Crippen molar-refractivity contribution in [1.82, 2.24) is 10.6 Å². The fraction of sp³-hybridized carbons (Fsp3) is 0.921. The maximum absolute atomic E-state index is 13.4. The quantitative estimate of drug-likeness (QED) is 0.0606. The van der Waals surface area contributed by atoms with Crippen molar-refractivity contribution >= 4 is 17.8 Å². The molecule has 5 rings (SSSR count). The van der Waals surface area contributed by atoms with Gasteiger partial charge in [0.1, 0.15) is 116 Å². The topological polar surface area (TPSA) is 482 Å². The summed E-state index contributed by atoms with van der Waals surface area (Å²) in [5.74, 6) is -7.02. The van der Waals surface area contributed by atoms with Crippen molar-refractivity contribution in [2.24, 2.45) is 0 Å². The van der Waals surface area contributed by atoms with Crippen molar-refractivity contribution in [3.8, 4) is 0 Å². The summed E-state index contributed by atoms with van der Waals surface area (Å²) in [6.07, 6.45) is -46.0. The van der Waals surface area contributed by atoms with Gasteiger partial charge in [-0.2, -0.15) is 0 Å². The summed E-state index contributed by atoms with van der Waals surface area (Å²) in [6.45, 7) is -1.79. The fourth-order valence-corrected chi connectivity index (χ4v) is 8.74. The van der Waals surface area contributed by atoms with Crippen LogP contribution < -0.4 is 10.6 Å². The lowest BCUT2D eigenvalue weighted by molar-refractivity contribution is -0.405. The van der Waals surface area contributed by atoms with E-state index in [0.717, 1.165) is 13.8 Å². The Bertz CT molecular complexity index is 1650. The van der Waals surface area contributed by atoms with E-state index in [4.69, 9.17) is 42.6 Å². The first-order chi connectivity index (χ1) is 32.0. The molecule has 0 aromatic rings. The van der Waals surface area contributed by atoms with Crippen molar-refractivity contribution < 1.29 is 139 Å². The summed E-state index contributed by atoms with van der Waals surface area (Å²) < 4.78 is 52.0. The Balaban J connectivity index is 1.57. The van der Waals surface area contributed by atoms with Crippen LogP contribution in [0.15, 0.2) is 0 Å². The lowest BCUT2D eigenvalue weighted by Gasteiger charge is -2.52. The van der Waals surface area contributed by atoms with Gasteiger partial charge in [-0.05, 0) is 6.92 Å². The van der Waals surface area contributed by atoms with Crippen LogP contribution in [0.25, 0.3) is 0 Å². The van der Waals surface area contributed by atoms with Crippen LogP contribution >= 0.6 is 0 Å². The Morgan fingerprint density at radius 3 is 1.62 bits per heavy atom. The number of hydrogen-bond acceptors (Lipinski definition) is 27. The average molecular weight is 997 g/mol. The minimum absolute atomic E-state index is 0.782. The first-order valence-corrected chi connectivity index (χ1v) is 21.6. The summed E-state index contributed by atoms with van der Waals surface area (Å²) >= 11 is 0. The third-order valence-corrected chi connectivity index (χ3v) is 12.4. The van der Waals surface area contributed by atoms with Gasteiger partial charge in [-0.25, -0.2) is 4.79 Å². The zero-order valence-electron chi connectivity index (χ0n) is 36.7. The van der Waals surface area contributed by atoms with Gasteiger partial charge in [0.2, 0.25) is 11.8 Å². The first kappa shape index (κ1) is 56.4. The van der Waals surface area contributed by atoms with E-state index in [1.807, 2.05) is 0 Å². The second kappa shape index (κ2) is 23.8. The number of carboxylic acid groups (broad SMARTS) is 1. The van der Waals surface area contributed by atoms with Crippen LogP contribution in [0.5, 0.6) is 0 Å². The lowest BCUT2D eigenvalue weighted by Crippen LogP contribution is -2.71. The number of aliphatic carboxylic acids is 1. The van der Waals surface area contributed by atoms with Crippen LogP contribution in [0.1, 0.15) is 27.2 Å². The molecule has 12 unspecified atom stereocenters. The van der Waals surface area contributed by atoms with E-state index in [0.29, 0.717) is 0 Å². The van der Waals surface area contributed by atoms with Crippen molar-refractivity contribution in [3.63, 3.8) is 0 Å². The van der Waals surface area contributed by atoms with Gasteiger partial charge < -0.3 is 135 Å². The summed E-state index contributed by atoms with van der Waals surface area (Å²) in [5, 5.41) is 177. The molecule has 394 valence electrons. The summed E-state index contributed by atoms with van der Waals surface area (Å²) in [7, 11) is 0. The molecule has 0 bridgehead atoms. The Labute approximate surface area is 386 Å². The van der Waals surface area contributed by atoms with Gasteiger partial charge in [-0.1, -0.05) is 0 Å². The molecule has 5 aliphatic rings. The Hall–Kier alpha value is -2.55. The number of amides is 2. The van der Waals surface area contributed by atoms with Crippen LogP contribution in [0, 0.1) is 0 Å². The first-order valence-electron chi connectivity index (χ1n) is 21.6. The predicted octanol–water partition coefficient (Wildman–Crippen LogP) is -11.4. The molecule has 68 heavy (non-hydrogen) atoms. The average Bonchev–Trinajstić information content (AvgIpc) is 3.29. The van der Waals surface area contributed by atoms with Gasteiger partial charge in [0.05, 0.1) is 51.3 Å². The molecule has 5 fully saturated rings. The third kappa shape index (κ3) is 11.9. The van der Waals surface area contributed by atoms with Gasteiger partial charge in [0, 0.05) is 20.3 Å². The highest BCUT2D eigenvalue weighted by Crippen LogP contribution is 2.40. The van der Waals surface area contributed by atoms with E-state index in [1.165, 1.54) is 6.92 Å². The van der Waals surface area contributed by atoms with Gasteiger partial charge in [0.25, 0.3) is 5.79 Å². The molecule has 0 aromatic carbocycles. The number of hydrogen-bond donors (Lipinski definition) is 18. The smallest absolute Gasteiger partial charge is 0.364 e. The molecule has 26 atom stereocenters. The number of nitrogens with one attached hydrogen (secondary N) is 2. The summed E-state index contributed by atoms with van der Waals surface area (Å²) in [5.41, 5.74) is 0. The molecule has 2 amide bonds. The van der Waals surface area contributed by atoms with Crippen LogP contribution in [0.2, 0.25) is 0 Å². The number of carbonyl (C=O) groups excluding carboxylic acids is 2. The van der Waals surface area contributed by atoms with E-state index < -0.39 is 216 Å². The Morgan fingerprint density at radius 2 is 1.07 bits per heavy atom. The standard InChI is InChI=1S/C38H64N2O28/c1-10-21(50)26(55)29(17(8-44)60-10)64-36-28(57)33(68-38(37(58)59)4-13(48)19(39-11(2)46)31(67-38)22(51)14(49)5-41)30(18(9-45)63-36)65-35-27(56)32(24(53)16(7-43)62-35)66-34-20(40-12(3)47)25(54)23(52)15(6-42)61-34/h10,13-36,41-45,48-57H,4-9H2,1-3H3,(H,39,46)(H,40,47)(H,58,59)/t10?,13?,14-,15?,16?,17?,18?,19-,20?,21?,22?,23+,24+,25-,26-,27?,28?,29-,30+,31?,32+,33-,34+,35+,36+,38+/m1/s1. The van der Waals surface area contributed by atoms with Crippen LogP contribution in [-0.4, -0.2) is 291 Å². The molecule has 0 aliphatic carbocycles. The molecule has 0 spiro atoms. The number of carbonyl (C=O) groups is 3. The summed E-state index contributed by atoms with van der Waals surface area (Å²) in [4.78, 5) is 37.6. The van der Waals surface area contributed by atoms with Gasteiger partial charge in [-0.15, -0.1) is 0 Å². The van der Waals surface area contributed by atoms with Gasteiger partial charge in [-0.3, -0.25) is 9.59 Å². The zero-order chi connectivity index (χ0) is 50.7. The third-order valence-electron chi connectivity index (χ3n) is 12.4. The molecule has 0 saturated carbocycles. The molecule has 5 aliphatic heterocycles. The second-order valence-electron chi connectivity index (χ2n) is 17.2. The molecule has 18 N–H and O–H groups in total. The highest BCUT2D eigenvalue weighted by molar-refractivity contribution is 5.76. The molecule has 30 heteroatoms. The SMILES string of the molecule is CC(=O)NC1[C@H](O[C@@H]2C(O)[C@H](O[C@H]3C(CO)O[C@@H](O[C@@H]4C(CO)OC(C)C(O)[C@H]4O)C(O)[C@H]3O[C@]3(C(=O)O)CC(O)[C@@H](NC(C)=O)C(C(O)[C@H](O)CO)O3)OC(CO)[C@@H]2O)OC(CO)[C@H](O)[C@@H]1O. The van der Waals surface area contributed by atoms with Crippen molar-refractivity contribution in [1.29, 1.82) is 0 Å². The van der Waals surface area contributed by atoms with Crippen LogP contribution in [-0.2, 0) is 57.0 Å². The Morgan fingerprint density at radius 1 is 0.588 bits per heavy atom. The largest absolute Gasteiger partial charge is 0.477 e. The molecular weight excluding hydrogens is 932 g/mol. The normalized spacial score (nSPS) is 46.6. The number of aliphatic hydroxyl groups excluding tert-OH is 15. The molecule has 5 heterocycles. The Kier molecular flexibility index (Phi) is 19.7. The van der Waals surface area contributed by atoms with E-state index in [-0.39, 0.29) is 0 Å². The lowest BCUT2D eigenvalue weighted by atomic mass is 9.88. The predicted molar refractivity (Wildman–Crippen MR) is 210 cm³/mol. The molecule has 0 radical (unpaired) electrons. The number of aliphatic hydroxyl groups is 15. The number of carboxylic acids is 1. The minimum atomic E-state index is -3.29. The molecule has 30 nitrogen and oxygen atoms in total. The van der Waals surface area contributed by atoms with Gasteiger partial charge >= 0.3 is 5.97 Å².